The third-order valence-corrected chi connectivity index (χ3v) is 1.41. The first-order valence-corrected chi connectivity index (χ1v) is 3.20. The van der Waals surface area contributed by atoms with Crippen LogP contribution in [0.5, 0.6) is 0 Å². The van der Waals surface area contributed by atoms with Gasteiger partial charge in [0.2, 0.25) is 5.60 Å². The van der Waals surface area contributed by atoms with Gasteiger partial charge in [-0.2, -0.15) is 0 Å². The first kappa shape index (κ1) is 10.7. The van der Waals surface area contributed by atoms with Gasteiger partial charge in [-0.05, 0) is 12.2 Å². The molecule has 0 radical (unpaired) electrons. The maximum absolute atomic E-state index is 10.9. The molecule has 0 aromatic heterocycles. The summed E-state index contributed by atoms with van der Waals surface area (Å²) >= 11 is 0. The minimum Gasteiger partial charge on any atom is -0.392 e. The molecular formula is C8H10O4. The predicted octanol–water partition coefficient (Wildman–Crippen LogP) is -0.780. The predicted molar refractivity (Wildman–Crippen MR) is 42.4 cm³/mol. The van der Waals surface area contributed by atoms with E-state index in [1.54, 1.807) is 0 Å². The van der Waals surface area contributed by atoms with E-state index < -0.39 is 23.8 Å². The maximum atomic E-state index is 10.9. The molecule has 0 aromatic carbocycles. The molecule has 66 valence electrons. The SMILES string of the molecule is C=CC(=O)C(O)(CO)C(=O)C=C. The molecule has 0 saturated heterocycles. The number of aliphatic hydroxyl groups excluding tert-OH is 1. The lowest BCUT2D eigenvalue weighted by Gasteiger charge is -2.18. The number of carbonyl (C=O) groups is 2. The molecule has 12 heavy (non-hydrogen) atoms. The van der Waals surface area contributed by atoms with Crippen molar-refractivity contribution in [3.05, 3.63) is 25.3 Å². The number of aliphatic hydroxyl groups is 2. The molecule has 0 fully saturated rings. The zero-order valence-electron chi connectivity index (χ0n) is 6.49. The van der Waals surface area contributed by atoms with Crippen molar-refractivity contribution < 1.29 is 19.8 Å². The topological polar surface area (TPSA) is 74.6 Å². The average Bonchev–Trinajstić information content (AvgIpc) is 2.13. The zero-order valence-corrected chi connectivity index (χ0v) is 6.49. The second-order valence-electron chi connectivity index (χ2n) is 2.16. The summed E-state index contributed by atoms with van der Waals surface area (Å²) in [5.41, 5.74) is -2.40. The summed E-state index contributed by atoms with van der Waals surface area (Å²) < 4.78 is 0. The molecule has 0 saturated carbocycles. The fourth-order valence-electron chi connectivity index (χ4n) is 0.615. The number of hydrogen-bond donors (Lipinski definition) is 2. The third-order valence-electron chi connectivity index (χ3n) is 1.41. The van der Waals surface area contributed by atoms with Crippen molar-refractivity contribution >= 4 is 11.6 Å². The van der Waals surface area contributed by atoms with Crippen LogP contribution in [0.3, 0.4) is 0 Å². The van der Waals surface area contributed by atoms with E-state index in [0.717, 1.165) is 12.2 Å². The van der Waals surface area contributed by atoms with E-state index in [1.165, 1.54) is 0 Å². The summed E-state index contributed by atoms with van der Waals surface area (Å²) in [5, 5.41) is 17.9. The van der Waals surface area contributed by atoms with E-state index >= 15 is 0 Å². The van der Waals surface area contributed by atoms with E-state index in [-0.39, 0.29) is 0 Å². The molecule has 0 rings (SSSR count). The van der Waals surface area contributed by atoms with E-state index in [9.17, 15) is 14.7 Å². The molecule has 4 nitrogen and oxygen atoms in total. The molecule has 0 aromatic rings. The quantitative estimate of drug-likeness (QED) is 0.419. The van der Waals surface area contributed by atoms with Gasteiger partial charge in [0.25, 0.3) is 0 Å². The molecule has 0 spiro atoms. The van der Waals surface area contributed by atoms with Crippen LogP contribution >= 0.6 is 0 Å². The first-order valence-electron chi connectivity index (χ1n) is 3.20. The number of rotatable bonds is 5. The summed E-state index contributed by atoms with van der Waals surface area (Å²) in [6.45, 7) is 5.20. The minimum atomic E-state index is -2.40. The Morgan fingerprint density at radius 3 is 1.75 bits per heavy atom. The highest BCUT2D eigenvalue weighted by Crippen LogP contribution is 2.08. The highest BCUT2D eigenvalue weighted by atomic mass is 16.3. The molecule has 0 aliphatic heterocycles. The summed E-state index contributed by atoms with van der Waals surface area (Å²) in [6.07, 6.45) is 1.55. The standard InChI is InChI=1S/C8H10O4/c1-3-6(10)8(12,5-9)7(11)4-2/h3-4,9,12H,1-2,5H2. The van der Waals surface area contributed by atoms with Crippen molar-refractivity contribution in [3.63, 3.8) is 0 Å². The molecule has 0 aliphatic carbocycles. The summed E-state index contributed by atoms with van der Waals surface area (Å²) in [4.78, 5) is 21.7. The van der Waals surface area contributed by atoms with Crippen LogP contribution in [-0.4, -0.2) is 34.0 Å². The minimum absolute atomic E-state index is 0.775. The Kier molecular flexibility index (Phi) is 3.53. The Balaban J connectivity index is 4.90. The van der Waals surface area contributed by atoms with Crippen molar-refractivity contribution in [1.82, 2.24) is 0 Å². The Morgan fingerprint density at radius 2 is 1.58 bits per heavy atom. The van der Waals surface area contributed by atoms with Crippen molar-refractivity contribution in [1.29, 1.82) is 0 Å². The Bertz CT molecular complexity index is 209. The maximum Gasteiger partial charge on any atom is 0.212 e. The molecule has 0 atom stereocenters. The normalized spacial score (nSPS) is 10.5. The lowest BCUT2D eigenvalue weighted by molar-refractivity contribution is -0.148. The second kappa shape index (κ2) is 3.94. The highest BCUT2D eigenvalue weighted by molar-refractivity contribution is 6.18. The number of hydrogen-bond acceptors (Lipinski definition) is 4. The van der Waals surface area contributed by atoms with Gasteiger partial charge in [0.1, 0.15) is 0 Å². The molecule has 0 aliphatic rings. The molecule has 0 amide bonds. The van der Waals surface area contributed by atoms with Gasteiger partial charge in [-0.25, -0.2) is 0 Å². The van der Waals surface area contributed by atoms with Crippen LogP contribution in [0.2, 0.25) is 0 Å². The van der Waals surface area contributed by atoms with Gasteiger partial charge in [0.05, 0.1) is 6.61 Å². The summed E-state index contributed by atoms with van der Waals surface area (Å²) in [5.74, 6) is -1.87. The lowest BCUT2D eigenvalue weighted by atomic mass is 9.94. The monoisotopic (exact) mass is 170 g/mol. The highest BCUT2D eigenvalue weighted by Gasteiger charge is 2.39. The molecule has 0 heterocycles. The zero-order chi connectivity index (χ0) is 9.78. The number of ketones is 2. The lowest BCUT2D eigenvalue weighted by Crippen LogP contribution is -2.48. The largest absolute Gasteiger partial charge is 0.392 e. The molecule has 0 unspecified atom stereocenters. The van der Waals surface area contributed by atoms with Crippen LogP contribution in [0.1, 0.15) is 0 Å². The van der Waals surface area contributed by atoms with Gasteiger partial charge in [0, 0.05) is 0 Å². The van der Waals surface area contributed by atoms with Crippen LogP contribution in [0.25, 0.3) is 0 Å². The van der Waals surface area contributed by atoms with Crippen LogP contribution in [0.15, 0.2) is 25.3 Å². The van der Waals surface area contributed by atoms with Crippen LogP contribution in [0, 0.1) is 0 Å². The van der Waals surface area contributed by atoms with Crippen molar-refractivity contribution in [2.45, 2.75) is 5.60 Å². The van der Waals surface area contributed by atoms with E-state index in [1.807, 2.05) is 0 Å². The van der Waals surface area contributed by atoms with Gasteiger partial charge in [0.15, 0.2) is 11.6 Å². The molecule has 0 bridgehead atoms. The van der Waals surface area contributed by atoms with Crippen LogP contribution in [0.4, 0.5) is 0 Å². The Morgan fingerprint density at radius 1 is 1.25 bits per heavy atom. The fourth-order valence-corrected chi connectivity index (χ4v) is 0.615. The van der Waals surface area contributed by atoms with Crippen molar-refractivity contribution in [3.8, 4) is 0 Å². The van der Waals surface area contributed by atoms with Gasteiger partial charge in [-0.15, -0.1) is 0 Å². The van der Waals surface area contributed by atoms with Crippen molar-refractivity contribution in [2.75, 3.05) is 6.61 Å². The average molecular weight is 170 g/mol. The Hall–Kier alpha value is -1.26. The van der Waals surface area contributed by atoms with Gasteiger partial charge in [-0.3, -0.25) is 9.59 Å². The molecule has 2 N–H and O–H groups in total. The van der Waals surface area contributed by atoms with Gasteiger partial charge >= 0.3 is 0 Å². The fraction of sp³-hybridized carbons (Fsp3) is 0.250. The van der Waals surface area contributed by atoms with Crippen molar-refractivity contribution in [2.24, 2.45) is 0 Å². The Labute approximate surface area is 69.8 Å². The molecular weight excluding hydrogens is 160 g/mol. The van der Waals surface area contributed by atoms with Crippen LogP contribution < -0.4 is 0 Å². The van der Waals surface area contributed by atoms with Gasteiger partial charge < -0.3 is 10.2 Å². The first-order chi connectivity index (χ1) is 5.52. The summed E-state index contributed by atoms with van der Waals surface area (Å²) in [6, 6.07) is 0. The smallest absolute Gasteiger partial charge is 0.212 e. The summed E-state index contributed by atoms with van der Waals surface area (Å²) in [7, 11) is 0. The molecule has 4 heteroatoms. The van der Waals surface area contributed by atoms with E-state index in [4.69, 9.17) is 5.11 Å². The number of carbonyl (C=O) groups excluding carboxylic acids is 2. The van der Waals surface area contributed by atoms with E-state index in [2.05, 4.69) is 13.2 Å². The van der Waals surface area contributed by atoms with Crippen LogP contribution in [-0.2, 0) is 9.59 Å². The van der Waals surface area contributed by atoms with Gasteiger partial charge in [-0.1, -0.05) is 13.2 Å². The second-order valence-corrected chi connectivity index (χ2v) is 2.16. The third kappa shape index (κ3) is 1.66. The van der Waals surface area contributed by atoms with E-state index in [0.29, 0.717) is 0 Å².